The lowest BCUT2D eigenvalue weighted by Crippen LogP contribution is -2.57. The van der Waals surface area contributed by atoms with Crippen molar-refractivity contribution in [1.82, 2.24) is 40.6 Å². The molecule has 5 heterocycles. The Morgan fingerprint density at radius 1 is 0.800 bits per heavy atom. The number of aromatic nitrogens is 2. The lowest BCUT2D eigenvalue weighted by atomic mass is 9.85. The van der Waals surface area contributed by atoms with E-state index in [4.69, 9.17) is 4.74 Å². The molecule has 8 rings (SSSR count). The predicted molar refractivity (Wildman–Crippen MR) is 293 cm³/mol. The van der Waals surface area contributed by atoms with Gasteiger partial charge in [0.25, 0.3) is 5.91 Å². The van der Waals surface area contributed by atoms with Crippen LogP contribution in [-0.4, -0.2) is 133 Å². The summed E-state index contributed by atoms with van der Waals surface area (Å²) in [5.41, 5.74) is 10.1. The number of aryl methyl sites for hydroxylation is 2. The third-order valence-corrected chi connectivity index (χ3v) is 16.9. The first-order valence-electron chi connectivity index (χ1n) is 25.5. The molecule has 2 saturated heterocycles. The number of fused-ring (bicyclic) bond motifs is 1. The van der Waals surface area contributed by atoms with Gasteiger partial charge in [-0.05, 0) is 71.7 Å². The van der Waals surface area contributed by atoms with Gasteiger partial charge in [0.2, 0.25) is 29.5 Å². The molecule has 5 aromatic rings. The number of benzene rings is 3. The standard InChI is InChI=1S/C56H68N8O8S3/c1-33(12-21-47(66)61-50(56(4,5)6)55(71)63-27-41(65)22-44(63)51(67)57-24-36-13-17-38(18-14-36)48-34(2)59-31-74-48)29-72-42-23-45(52(68)58-25-37-15-19-39(20-16-37)49-35(3)60-32-75-49)64(28-42)54(70)46(30-73-7)62-26-40-10-8-9-11-43(40)53(62)69/h8-11,13-20,31-33,41-42,44-46,50,65H,12,21-30H2,1-7H3,(H,57,67)(H,58,68)(H,61,66)/t33?,41-,42-,44+,45+,46+,50-/m1/s1. The minimum absolute atomic E-state index is 0.0334. The summed E-state index contributed by atoms with van der Waals surface area (Å²) in [6.45, 7) is 12.6. The van der Waals surface area contributed by atoms with E-state index in [1.807, 2.05) is 126 Å². The quantitative estimate of drug-likeness (QED) is 0.0641. The number of likely N-dealkylation sites (tertiary alicyclic amines) is 2. The molecule has 6 amide bonds. The number of thiazole rings is 2. The van der Waals surface area contributed by atoms with Gasteiger partial charge in [0, 0.05) is 69.9 Å². The van der Waals surface area contributed by atoms with Crippen LogP contribution in [0.1, 0.15) is 91.8 Å². The molecule has 3 aliphatic heterocycles. The van der Waals surface area contributed by atoms with E-state index in [0.29, 0.717) is 24.3 Å². The number of amides is 6. The van der Waals surface area contributed by atoms with Crippen LogP contribution in [0.2, 0.25) is 0 Å². The van der Waals surface area contributed by atoms with Gasteiger partial charge in [-0.1, -0.05) is 94.4 Å². The Bertz CT molecular complexity index is 2850. The van der Waals surface area contributed by atoms with Crippen molar-refractivity contribution in [2.45, 2.75) is 123 Å². The highest BCUT2D eigenvalue weighted by Gasteiger charge is 2.47. The maximum absolute atomic E-state index is 14.7. The van der Waals surface area contributed by atoms with Crippen molar-refractivity contribution in [3.8, 4) is 20.9 Å². The van der Waals surface area contributed by atoms with Gasteiger partial charge < -0.3 is 40.5 Å². The molecular weight excluding hydrogens is 1010 g/mol. The normalized spacial score (nSPS) is 19.7. The number of hydrogen-bond acceptors (Lipinski definition) is 13. The van der Waals surface area contributed by atoms with Crippen LogP contribution in [0, 0.1) is 25.2 Å². The Morgan fingerprint density at radius 2 is 1.36 bits per heavy atom. The molecule has 16 nitrogen and oxygen atoms in total. The molecule has 2 aromatic heterocycles. The van der Waals surface area contributed by atoms with E-state index in [1.54, 1.807) is 38.5 Å². The summed E-state index contributed by atoms with van der Waals surface area (Å²) in [6.07, 6.45) is 1.33. The lowest BCUT2D eigenvalue weighted by molar-refractivity contribution is -0.144. The van der Waals surface area contributed by atoms with E-state index < -0.39 is 47.7 Å². The van der Waals surface area contributed by atoms with Crippen LogP contribution in [-0.2, 0) is 48.3 Å². The molecule has 0 aliphatic carbocycles. The Morgan fingerprint density at radius 3 is 1.89 bits per heavy atom. The summed E-state index contributed by atoms with van der Waals surface area (Å²) in [5.74, 6) is -1.77. The minimum Gasteiger partial charge on any atom is -0.391 e. The molecule has 7 atom stereocenters. The van der Waals surface area contributed by atoms with Crippen molar-refractivity contribution in [3.63, 3.8) is 0 Å². The maximum atomic E-state index is 14.7. The SMILES string of the molecule is CSC[C@@H](C(=O)N1C[C@H](OCC(C)CCC(=O)N[C@H](C(=O)N2C[C@H](O)C[C@H]2C(=O)NCc2ccc(-c3scnc3C)cc2)C(C)(C)C)C[C@H]1C(=O)NCc1ccc(-c2scnc2C)cc1)N1Cc2ccccc2C1=O. The molecule has 3 aromatic carbocycles. The van der Waals surface area contributed by atoms with Gasteiger partial charge in [-0.3, -0.25) is 28.8 Å². The van der Waals surface area contributed by atoms with Gasteiger partial charge in [-0.2, -0.15) is 11.8 Å². The van der Waals surface area contributed by atoms with Crippen molar-refractivity contribution < 1.29 is 38.6 Å². The highest BCUT2D eigenvalue weighted by Crippen LogP contribution is 2.32. The van der Waals surface area contributed by atoms with E-state index in [2.05, 4.69) is 25.9 Å². The molecule has 3 aliphatic rings. The van der Waals surface area contributed by atoms with Crippen LogP contribution >= 0.6 is 34.4 Å². The minimum atomic E-state index is -0.975. The van der Waals surface area contributed by atoms with Crippen molar-refractivity contribution >= 4 is 69.9 Å². The molecule has 398 valence electrons. The van der Waals surface area contributed by atoms with E-state index in [-0.39, 0.29) is 87.5 Å². The summed E-state index contributed by atoms with van der Waals surface area (Å²) in [4.78, 5) is 99.6. The second-order valence-electron chi connectivity index (χ2n) is 21.0. The number of carbonyl (C=O) groups excluding carboxylic acids is 6. The largest absolute Gasteiger partial charge is 0.391 e. The molecule has 2 fully saturated rings. The van der Waals surface area contributed by atoms with Crippen molar-refractivity contribution in [2.24, 2.45) is 11.3 Å². The van der Waals surface area contributed by atoms with Crippen LogP contribution in [0.4, 0.5) is 0 Å². The number of ether oxygens (including phenoxy) is 1. The fourth-order valence-electron chi connectivity index (χ4n) is 10.0. The van der Waals surface area contributed by atoms with E-state index in [0.717, 1.165) is 49.0 Å². The fraction of sp³-hybridized carbons (Fsp3) is 0.464. The first-order chi connectivity index (χ1) is 35.9. The average molecular weight is 1080 g/mol. The second kappa shape index (κ2) is 24.3. The Labute approximate surface area is 451 Å². The predicted octanol–water partition coefficient (Wildman–Crippen LogP) is 6.77. The highest BCUT2D eigenvalue weighted by atomic mass is 32.2. The third kappa shape index (κ3) is 13.2. The highest BCUT2D eigenvalue weighted by molar-refractivity contribution is 7.98. The van der Waals surface area contributed by atoms with Crippen LogP contribution in [0.25, 0.3) is 20.9 Å². The Hall–Kier alpha value is -5.99. The summed E-state index contributed by atoms with van der Waals surface area (Å²) < 4.78 is 6.45. The van der Waals surface area contributed by atoms with Gasteiger partial charge in [0.15, 0.2) is 0 Å². The summed E-state index contributed by atoms with van der Waals surface area (Å²) >= 11 is 4.60. The van der Waals surface area contributed by atoms with E-state index in [9.17, 15) is 33.9 Å². The zero-order valence-corrected chi connectivity index (χ0v) is 46.1. The van der Waals surface area contributed by atoms with Gasteiger partial charge in [0.1, 0.15) is 24.2 Å². The van der Waals surface area contributed by atoms with E-state index >= 15 is 0 Å². The van der Waals surface area contributed by atoms with Crippen LogP contribution in [0.5, 0.6) is 0 Å². The summed E-state index contributed by atoms with van der Waals surface area (Å²) in [5, 5.41) is 19.7. The van der Waals surface area contributed by atoms with Gasteiger partial charge >= 0.3 is 0 Å². The molecule has 75 heavy (non-hydrogen) atoms. The van der Waals surface area contributed by atoms with E-state index in [1.165, 1.54) is 16.7 Å². The molecule has 0 spiro atoms. The smallest absolute Gasteiger partial charge is 0.255 e. The monoisotopic (exact) mass is 1080 g/mol. The van der Waals surface area contributed by atoms with Crippen LogP contribution < -0.4 is 16.0 Å². The number of thioether (sulfide) groups is 1. The number of hydrogen-bond donors (Lipinski definition) is 4. The Balaban J connectivity index is 0.865. The molecule has 19 heteroatoms. The molecule has 1 unspecified atom stereocenters. The van der Waals surface area contributed by atoms with Crippen LogP contribution in [0.3, 0.4) is 0 Å². The molecule has 0 saturated carbocycles. The number of nitrogens with one attached hydrogen (secondary N) is 3. The van der Waals surface area contributed by atoms with Crippen molar-refractivity contribution in [2.75, 3.05) is 31.7 Å². The average Bonchev–Trinajstić information content (AvgIpc) is 4.26. The van der Waals surface area contributed by atoms with Crippen molar-refractivity contribution in [3.05, 3.63) is 117 Å². The fourth-order valence-corrected chi connectivity index (χ4v) is 12.3. The van der Waals surface area contributed by atoms with Gasteiger partial charge in [-0.15, -0.1) is 22.7 Å². The Kier molecular flexibility index (Phi) is 17.9. The third-order valence-electron chi connectivity index (χ3n) is 14.3. The molecule has 0 bridgehead atoms. The molecular formula is C56H68N8O8S3. The number of β-amino-alcohol motifs (C(OH)–C–C–N with tert-alkyl or cyclic N) is 1. The first kappa shape index (κ1) is 55.2. The number of rotatable bonds is 20. The zero-order valence-electron chi connectivity index (χ0n) is 43.7. The molecule has 4 N–H and O–H groups in total. The van der Waals surface area contributed by atoms with Crippen molar-refractivity contribution in [1.29, 1.82) is 0 Å². The number of carbonyl (C=O) groups is 6. The lowest BCUT2D eigenvalue weighted by Gasteiger charge is -2.35. The second-order valence-corrected chi connectivity index (χ2v) is 23.6. The van der Waals surface area contributed by atoms with Gasteiger partial charge in [-0.25, -0.2) is 9.97 Å². The number of nitrogens with zero attached hydrogens (tertiary/aromatic N) is 5. The topological polar surface area (TPSA) is 203 Å². The summed E-state index contributed by atoms with van der Waals surface area (Å²) in [6, 6.07) is 19.6. The molecule has 0 radical (unpaired) electrons. The number of aliphatic hydroxyl groups is 1. The van der Waals surface area contributed by atoms with Crippen LogP contribution in [0.15, 0.2) is 83.8 Å². The first-order valence-corrected chi connectivity index (χ1v) is 28.7. The number of aliphatic hydroxyl groups excluding tert-OH is 1. The summed E-state index contributed by atoms with van der Waals surface area (Å²) in [7, 11) is 0. The van der Waals surface area contributed by atoms with Gasteiger partial charge in [0.05, 0.1) is 44.4 Å². The zero-order chi connectivity index (χ0) is 53.6. The maximum Gasteiger partial charge on any atom is 0.255 e.